The Bertz CT molecular complexity index is 416. The summed E-state index contributed by atoms with van der Waals surface area (Å²) in [6.07, 6.45) is 1.96. The predicted molar refractivity (Wildman–Crippen MR) is 58.9 cm³/mol. The maximum atomic E-state index is 13.0. The van der Waals surface area contributed by atoms with Crippen LogP contribution in [0.1, 0.15) is 19.8 Å². The SMILES string of the molecule is CC1CC(Nc2cc(F)ccc2[N+](=O)[O-])C1. The molecule has 4 nitrogen and oxygen atoms in total. The standard InChI is InChI=1S/C11H13FN2O2/c1-7-4-9(5-7)13-10-6-8(12)2-3-11(10)14(15)16/h2-3,6-7,9,13H,4-5H2,1H3. The largest absolute Gasteiger partial charge is 0.377 e. The van der Waals surface area contributed by atoms with E-state index in [0.717, 1.165) is 18.9 Å². The van der Waals surface area contributed by atoms with Crippen molar-refractivity contribution in [1.82, 2.24) is 0 Å². The van der Waals surface area contributed by atoms with Crippen LogP contribution in [0.4, 0.5) is 15.8 Å². The molecule has 2 rings (SSSR count). The summed E-state index contributed by atoms with van der Waals surface area (Å²) in [5, 5.41) is 13.7. The van der Waals surface area contributed by atoms with Crippen LogP contribution < -0.4 is 5.32 Å². The van der Waals surface area contributed by atoms with E-state index >= 15 is 0 Å². The van der Waals surface area contributed by atoms with E-state index in [9.17, 15) is 14.5 Å². The molecule has 0 radical (unpaired) electrons. The number of halogens is 1. The van der Waals surface area contributed by atoms with Crippen molar-refractivity contribution in [2.45, 2.75) is 25.8 Å². The first kappa shape index (κ1) is 10.9. The van der Waals surface area contributed by atoms with Gasteiger partial charge in [0.25, 0.3) is 5.69 Å². The lowest BCUT2D eigenvalue weighted by Crippen LogP contribution is -2.33. The van der Waals surface area contributed by atoms with Crippen LogP contribution in [0.3, 0.4) is 0 Å². The highest BCUT2D eigenvalue weighted by atomic mass is 19.1. The van der Waals surface area contributed by atoms with Crippen molar-refractivity contribution in [2.75, 3.05) is 5.32 Å². The third-order valence-electron chi connectivity index (χ3n) is 2.89. The first-order valence-corrected chi connectivity index (χ1v) is 5.26. The monoisotopic (exact) mass is 224 g/mol. The van der Waals surface area contributed by atoms with Gasteiger partial charge in [0.05, 0.1) is 4.92 Å². The van der Waals surface area contributed by atoms with Gasteiger partial charge in [-0.25, -0.2) is 4.39 Å². The molecule has 0 saturated heterocycles. The van der Waals surface area contributed by atoms with Gasteiger partial charge in [-0.05, 0) is 24.8 Å². The zero-order chi connectivity index (χ0) is 11.7. The Morgan fingerprint density at radius 1 is 1.50 bits per heavy atom. The second-order valence-corrected chi connectivity index (χ2v) is 4.34. The molecule has 0 unspecified atom stereocenters. The highest BCUT2D eigenvalue weighted by Gasteiger charge is 2.27. The zero-order valence-electron chi connectivity index (χ0n) is 8.94. The molecule has 0 spiro atoms. The second-order valence-electron chi connectivity index (χ2n) is 4.34. The van der Waals surface area contributed by atoms with Crippen LogP contribution >= 0.6 is 0 Å². The fourth-order valence-corrected chi connectivity index (χ4v) is 2.02. The van der Waals surface area contributed by atoms with E-state index in [1.807, 2.05) is 0 Å². The summed E-state index contributed by atoms with van der Waals surface area (Å²) in [6.45, 7) is 2.12. The smallest absolute Gasteiger partial charge is 0.292 e. The number of nitro benzene ring substituents is 1. The van der Waals surface area contributed by atoms with Crippen molar-refractivity contribution < 1.29 is 9.31 Å². The molecule has 1 aliphatic carbocycles. The molecule has 0 heterocycles. The molecule has 5 heteroatoms. The first-order chi connectivity index (χ1) is 7.56. The van der Waals surface area contributed by atoms with Crippen LogP contribution in [0.5, 0.6) is 0 Å². The highest BCUT2D eigenvalue weighted by molar-refractivity contribution is 5.62. The predicted octanol–water partition coefficient (Wildman–Crippen LogP) is 2.94. The van der Waals surface area contributed by atoms with E-state index < -0.39 is 10.7 Å². The highest BCUT2D eigenvalue weighted by Crippen LogP contribution is 2.33. The summed E-state index contributed by atoms with van der Waals surface area (Å²) in [4.78, 5) is 10.2. The Morgan fingerprint density at radius 3 is 2.75 bits per heavy atom. The molecule has 0 aromatic heterocycles. The van der Waals surface area contributed by atoms with Gasteiger partial charge in [-0.15, -0.1) is 0 Å². The Kier molecular flexibility index (Phi) is 2.77. The fraction of sp³-hybridized carbons (Fsp3) is 0.455. The van der Waals surface area contributed by atoms with Crippen LogP contribution in [0.15, 0.2) is 18.2 Å². The Balaban J connectivity index is 2.17. The van der Waals surface area contributed by atoms with E-state index in [2.05, 4.69) is 12.2 Å². The summed E-state index contributed by atoms with van der Waals surface area (Å²) in [7, 11) is 0. The molecule has 1 aromatic carbocycles. The van der Waals surface area contributed by atoms with Crippen LogP contribution in [0, 0.1) is 21.8 Å². The lowest BCUT2D eigenvalue weighted by Gasteiger charge is -2.33. The van der Waals surface area contributed by atoms with Gasteiger partial charge in [0.15, 0.2) is 0 Å². The van der Waals surface area contributed by atoms with Gasteiger partial charge in [-0.1, -0.05) is 6.92 Å². The number of nitro groups is 1. The van der Waals surface area contributed by atoms with Crippen LogP contribution in [-0.4, -0.2) is 11.0 Å². The van der Waals surface area contributed by atoms with E-state index in [1.165, 1.54) is 12.1 Å². The number of rotatable bonds is 3. The zero-order valence-corrected chi connectivity index (χ0v) is 8.94. The summed E-state index contributed by atoms with van der Waals surface area (Å²) in [6, 6.07) is 3.71. The van der Waals surface area contributed by atoms with Gasteiger partial charge >= 0.3 is 0 Å². The summed E-state index contributed by atoms with van der Waals surface area (Å²) >= 11 is 0. The quantitative estimate of drug-likeness (QED) is 0.634. The normalized spacial score (nSPS) is 23.6. The number of benzene rings is 1. The van der Waals surface area contributed by atoms with Gasteiger partial charge < -0.3 is 5.32 Å². The van der Waals surface area contributed by atoms with E-state index in [-0.39, 0.29) is 17.4 Å². The second kappa shape index (κ2) is 4.08. The molecule has 1 N–H and O–H groups in total. The summed E-state index contributed by atoms with van der Waals surface area (Å²) < 4.78 is 13.0. The molecule has 0 atom stereocenters. The van der Waals surface area contributed by atoms with Crippen molar-refractivity contribution in [3.05, 3.63) is 34.1 Å². The summed E-state index contributed by atoms with van der Waals surface area (Å²) in [5.74, 6) is 0.186. The van der Waals surface area contributed by atoms with Gasteiger partial charge in [0, 0.05) is 18.2 Å². The van der Waals surface area contributed by atoms with E-state index in [0.29, 0.717) is 5.92 Å². The van der Waals surface area contributed by atoms with Crippen molar-refractivity contribution in [3.8, 4) is 0 Å². The third kappa shape index (κ3) is 2.13. The molecule has 0 amide bonds. The number of hydrogen-bond donors (Lipinski definition) is 1. The molecule has 1 saturated carbocycles. The van der Waals surface area contributed by atoms with Crippen molar-refractivity contribution in [2.24, 2.45) is 5.92 Å². The van der Waals surface area contributed by atoms with Gasteiger partial charge in [0.2, 0.25) is 0 Å². The molecule has 16 heavy (non-hydrogen) atoms. The van der Waals surface area contributed by atoms with Gasteiger partial charge in [-0.3, -0.25) is 10.1 Å². The van der Waals surface area contributed by atoms with Gasteiger partial charge in [0.1, 0.15) is 11.5 Å². The molecule has 1 aromatic rings. The number of nitrogens with zero attached hydrogens (tertiary/aromatic N) is 1. The average molecular weight is 224 g/mol. The topological polar surface area (TPSA) is 55.2 Å². The van der Waals surface area contributed by atoms with Crippen molar-refractivity contribution >= 4 is 11.4 Å². The molecule has 1 fully saturated rings. The molecule has 86 valence electrons. The Morgan fingerprint density at radius 2 is 2.19 bits per heavy atom. The van der Waals surface area contributed by atoms with Crippen LogP contribution in [-0.2, 0) is 0 Å². The number of nitrogens with one attached hydrogen (secondary N) is 1. The lowest BCUT2D eigenvalue weighted by molar-refractivity contribution is -0.384. The van der Waals surface area contributed by atoms with Crippen LogP contribution in [0.2, 0.25) is 0 Å². The minimum absolute atomic E-state index is 0.0686. The molecule has 0 aliphatic heterocycles. The molecule has 0 bridgehead atoms. The van der Waals surface area contributed by atoms with E-state index in [1.54, 1.807) is 0 Å². The van der Waals surface area contributed by atoms with Crippen molar-refractivity contribution in [1.29, 1.82) is 0 Å². The molecular formula is C11H13FN2O2. The van der Waals surface area contributed by atoms with Crippen molar-refractivity contribution in [3.63, 3.8) is 0 Å². The van der Waals surface area contributed by atoms with E-state index in [4.69, 9.17) is 0 Å². The Hall–Kier alpha value is -1.65. The van der Waals surface area contributed by atoms with Crippen LogP contribution in [0.25, 0.3) is 0 Å². The first-order valence-electron chi connectivity index (χ1n) is 5.26. The molecule has 1 aliphatic rings. The number of hydrogen-bond acceptors (Lipinski definition) is 3. The average Bonchev–Trinajstić information content (AvgIpc) is 2.15. The third-order valence-corrected chi connectivity index (χ3v) is 2.89. The van der Waals surface area contributed by atoms with Gasteiger partial charge in [-0.2, -0.15) is 0 Å². The maximum Gasteiger partial charge on any atom is 0.292 e. The fourth-order valence-electron chi connectivity index (χ4n) is 2.02. The molecular weight excluding hydrogens is 211 g/mol. The maximum absolute atomic E-state index is 13.0. The number of anilines is 1. The minimum atomic E-state index is -0.496. The summed E-state index contributed by atoms with van der Waals surface area (Å²) in [5.41, 5.74) is 0.211. The minimum Gasteiger partial charge on any atom is -0.377 e. The lowest BCUT2D eigenvalue weighted by atomic mass is 9.82. The Labute approximate surface area is 92.6 Å².